The smallest absolute Gasteiger partial charge is 0.339 e. The Bertz CT molecular complexity index is 476. The molecule has 5 nitrogen and oxygen atoms in total. The number of carboxylic acid groups (broad SMARTS) is 1. The highest BCUT2D eigenvalue weighted by molar-refractivity contribution is 5.91. The number of rotatable bonds is 6. The third-order valence-electron chi connectivity index (χ3n) is 2.41. The summed E-state index contributed by atoms with van der Waals surface area (Å²) in [5.41, 5.74) is -0.310. The molecule has 0 saturated heterocycles. The molecule has 6 heteroatoms. The Labute approximate surface area is 110 Å². The summed E-state index contributed by atoms with van der Waals surface area (Å²) in [6, 6.07) is 3.57. The van der Waals surface area contributed by atoms with E-state index in [1.807, 2.05) is 6.92 Å². The van der Waals surface area contributed by atoms with Crippen molar-refractivity contribution in [3.05, 3.63) is 29.6 Å². The molecule has 0 aromatic heterocycles. The molecule has 0 aliphatic carbocycles. The molecule has 0 bridgehead atoms. The number of hydrogen-bond acceptors (Lipinski definition) is 3. The zero-order valence-electron chi connectivity index (χ0n) is 10.8. The van der Waals surface area contributed by atoms with Gasteiger partial charge in [-0.05, 0) is 25.5 Å². The fraction of sp³-hybridized carbons (Fsp3) is 0.385. The van der Waals surface area contributed by atoms with Crippen LogP contribution in [0.15, 0.2) is 18.2 Å². The molecule has 0 fully saturated rings. The zero-order valence-corrected chi connectivity index (χ0v) is 10.8. The van der Waals surface area contributed by atoms with Crippen LogP contribution in [0.2, 0.25) is 0 Å². The number of aromatic carboxylic acids is 1. The minimum Gasteiger partial charge on any atom is -0.478 e. The third kappa shape index (κ3) is 3.94. The number of carbonyl (C=O) groups excluding carboxylic acids is 1. The van der Waals surface area contributed by atoms with Crippen LogP contribution in [0.4, 0.5) is 4.39 Å². The van der Waals surface area contributed by atoms with Crippen molar-refractivity contribution in [2.24, 2.45) is 0 Å². The summed E-state index contributed by atoms with van der Waals surface area (Å²) in [6.45, 7) is 3.81. The molecular weight excluding hydrogens is 253 g/mol. The second kappa shape index (κ2) is 6.72. The lowest BCUT2D eigenvalue weighted by Crippen LogP contribution is -2.37. The first-order valence-corrected chi connectivity index (χ1v) is 5.93. The van der Waals surface area contributed by atoms with Crippen molar-refractivity contribution >= 4 is 11.9 Å². The molecule has 1 aromatic rings. The molecule has 1 rings (SSSR count). The van der Waals surface area contributed by atoms with E-state index in [1.165, 1.54) is 19.1 Å². The maximum absolute atomic E-state index is 13.6. The van der Waals surface area contributed by atoms with Crippen LogP contribution in [0.5, 0.6) is 5.75 Å². The molecule has 1 aromatic carbocycles. The standard InChI is InChI=1S/C13H16FNO4/c1-3-7-15-12(16)8(2)19-11-9(13(17)18)5-4-6-10(11)14/h4-6,8H,3,7H2,1-2H3,(H,15,16)(H,17,18). The van der Waals surface area contributed by atoms with Crippen molar-refractivity contribution in [2.75, 3.05) is 6.54 Å². The van der Waals surface area contributed by atoms with Gasteiger partial charge in [-0.3, -0.25) is 4.79 Å². The molecular formula is C13H16FNO4. The zero-order chi connectivity index (χ0) is 14.4. The normalized spacial score (nSPS) is 11.7. The molecule has 0 radical (unpaired) electrons. The van der Waals surface area contributed by atoms with Gasteiger partial charge in [-0.1, -0.05) is 13.0 Å². The largest absolute Gasteiger partial charge is 0.478 e. The van der Waals surface area contributed by atoms with Crippen LogP contribution < -0.4 is 10.1 Å². The number of hydrogen-bond donors (Lipinski definition) is 2. The van der Waals surface area contributed by atoms with Crippen molar-refractivity contribution in [2.45, 2.75) is 26.4 Å². The van der Waals surface area contributed by atoms with Gasteiger partial charge in [-0.2, -0.15) is 0 Å². The fourth-order valence-electron chi connectivity index (χ4n) is 1.42. The van der Waals surface area contributed by atoms with E-state index in [1.54, 1.807) is 0 Å². The van der Waals surface area contributed by atoms with E-state index in [4.69, 9.17) is 9.84 Å². The van der Waals surface area contributed by atoms with E-state index in [0.29, 0.717) is 6.54 Å². The second-order valence-electron chi connectivity index (χ2n) is 3.97. The maximum atomic E-state index is 13.6. The topological polar surface area (TPSA) is 75.6 Å². The van der Waals surface area contributed by atoms with E-state index in [-0.39, 0.29) is 5.56 Å². The van der Waals surface area contributed by atoms with Crippen molar-refractivity contribution in [3.63, 3.8) is 0 Å². The van der Waals surface area contributed by atoms with E-state index in [9.17, 15) is 14.0 Å². The molecule has 19 heavy (non-hydrogen) atoms. The monoisotopic (exact) mass is 269 g/mol. The molecule has 1 atom stereocenters. The van der Waals surface area contributed by atoms with Gasteiger partial charge in [0.25, 0.3) is 5.91 Å². The molecule has 0 spiro atoms. The number of carboxylic acids is 1. The predicted molar refractivity (Wildman–Crippen MR) is 66.8 cm³/mol. The Morgan fingerprint density at radius 3 is 2.74 bits per heavy atom. The molecule has 0 aliphatic heterocycles. The Hall–Kier alpha value is -2.11. The number of benzene rings is 1. The second-order valence-corrected chi connectivity index (χ2v) is 3.97. The molecule has 104 valence electrons. The number of halogens is 1. The van der Waals surface area contributed by atoms with Crippen LogP contribution in [-0.2, 0) is 4.79 Å². The van der Waals surface area contributed by atoms with Crippen LogP contribution in [0.3, 0.4) is 0 Å². The lowest BCUT2D eigenvalue weighted by atomic mass is 10.2. The first kappa shape index (κ1) is 14.9. The summed E-state index contributed by atoms with van der Waals surface area (Å²) in [6.07, 6.45) is -0.208. The van der Waals surface area contributed by atoms with Crippen molar-refractivity contribution in [1.82, 2.24) is 5.32 Å². The average molecular weight is 269 g/mol. The lowest BCUT2D eigenvalue weighted by Gasteiger charge is -2.16. The summed E-state index contributed by atoms with van der Waals surface area (Å²) in [5, 5.41) is 11.5. The van der Waals surface area contributed by atoms with Gasteiger partial charge in [0.15, 0.2) is 17.7 Å². The first-order chi connectivity index (χ1) is 8.97. The fourth-order valence-corrected chi connectivity index (χ4v) is 1.42. The molecule has 1 unspecified atom stereocenters. The Balaban J connectivity index is 2.87. The number of carbonyl (C=O) groups is 2. The van der Waals surface area contributed by atoms with Gasteiger partial charge in [-0.25, -0.2) is 9.18 Å². The van der Waals surface area contributed by atoms with Crippen LogP contribution in [0.1, 0.15) is 30.6 Å². The third-order valence-corrected chi connectivity index (χ3v) is 2.41. The quantitative estimate of drug-likeness (QED) is 0.826. The van der Waals surface area contributed by atoms with E-state index < -0.39 is 29.5 Å². The molecule has 2 N–H and O–H groups in total. The Kier molecular flexibility index (Phi) is 5.29. The highest BCUT2D eigenvalue weighted by atomic mass is 19.1. The van der Waals surface area contributed by atoms with E-state index in [0.717, 1.165) is 12.5 Å². The Morgan fingerprint density at radius 1 is 1.47 bits per heavy atom. The van der Waals surface area contributed by atoms with Gasteiger partial charge in [0.05, 0.1) is 0 Å². The molecule has 1 amide bonds. The van der Waals surface area contributed by atoms with Gasteiger partial charge in [0.2, 0.25) is 0 Å². The van der Waals surface area contributed by atoms with Gasteiger partial charge < -0.3 is 15.2 Å². The minimum atomic E-state index is -1.31. The van der Waals surface area contributed by atoms with Crippen LogP contribution in [0.25, 0.3) is 0 Å². The number of para-hydroxylation sites is 1. The van der Waals surface area contributed by atoms with E-state index in [2.05, 4.69) is 5.32 Å². The minimum absolute atomic E-state index is 0.310. The number of amides is 1. The lowest BCUT2D eigenvalue weighted by molar-refractivity contribution is -0.127. The SMILES string of the molecule is CCCNC(=O)C(C)Oc1c(F)cccc1C(=O)O. The highest BCUT2D eigenvalue weighted by Gasteiger charge is 2.21. The average Bonchev–Trinajstić information content (AvgIpc) is 2.37. The van der Waals surface area contributed by atoms with Crippen molar-refractivity contribution < 1.29 is 23.8 Å². The van der Waals surface area contributed by atoms with Crippen LogP contribution in [-0.4, -0.2) is 29.6 Å². The summed E-state index contributed by atoms with van der Waals surface area (Å²) < 4.78 is 18.7. The Morgan fingerprint density at radius 2 is 2.16 bits per heavy atom. The van der Waals surface area contributed by atoms with Crippen LogP contribution in [0, 0.1) is 5.82 Å². The molecule has 0 heterocycles. The number of ether oxygens (including phenoxy) is 1. The summed E-state index contributed by atoms with van der Waals surface area (Å²) in [5.74, 6) is -2.96. The first-order valence-electron chi connectivity index (χ1n) is 5.93. The van der Waals surface area contributed by atoms with Gasteiger partial charge in [0, 0.05) is 6.54 Å². The highest BCUT2D eigenvalue weighted by Crippen LogP contribution is 2.23. The maximum Gasteiger partial charge on any atom is 0.339 e. The predicted octanol–water partition coefficient (Wildman–Crippen LogP) is 1.82. The summed E-state index contributed by atoms with van der Waals surface area (Å²) in [4.78, 5) is 22.5. The number of nitrogens with one attached hydrogen (secondary N) is 1. The van der Waals surface area contributed by atoms with Gasteiger partial charge in [-0.15, -0.1) is 0 Å². The summed E-state index contributed by atoms with van der Waals surface area (Å²) >= 11 is 0. The van der Waals surface area contributed by atoms with Crippen molar-refractivity contribution in [1.29, 1.82) is 0 Å². The molecule has 0 aliphatic rings. The summed E-state index contributed by atoms with van der Waals surface area (Å²) in [7, 11) is 0. The van der Waals surface area contributed by atoms with Gasteiger partial charge >= 0.3 is 5.97 Å². The van der Waals surface area contributed by atoms with Crippen molar-refractivity contribution in [3.8, 4) is 5.75 Å². The van der Waals surface area contributed by atoms with Gasteiger partial charge in [0.1, 0.15) is 5.56 Å². The molecule has 0 saturated carbocycles. The van der Waals surface area contributed by atoms with Crippen LogP contribution >= 0.6 is 0 Å². The van der Waals surface area contributed by atoms with E-state index >= 15 is 0 Å².